The zero-order valence-electron chi connectivity index (χ0n) is 16.4. The average Bonchev–Trinajstić information content (AvgIpc) is 2.62. The van der Waals surface area contributed by atoms with Crippen LogP contribution in [0, 0.1) is 13.8 Å². The first kappa shape index (κ1) is 19.2. The fraction of sp³-hybridized carbons (Fsp3) is 0.190. The minimum absolute atomic E-state index is 0.282. The molecule has 144 valence electrons. The number of rotatable bonds is 5. The zero-order valence-corrected chi connectivity index (χ0v) is 16.4. The van der Waals surface area contributed by atoms with Crippen molar-refractivity contribution in [1.82, 2.24) is 10.2 Å². The molecule has 0 fully saturated rings. The van der Waals surface area contributed by atoms with Crippen molar-refractivity contribution < 1.29 is 4.79 Å². The Hall–Kier alpha value is -3.61. The second-order valence-corrected chi connectivity index (χ2v) is 6.85. The van der Waals surface area contributed by atoms with Gasteiger partial charge in [0, 0.05) is 37.2 Å². The molecule has 3 N–H and O–H groups in total. The Labute approximate surface area is 164 Å². The normalized spacial score (nSPS) is 10.3. The number of carbonyl (C=O) groups is 1. The highest BCUT2D eigenvalue weighted by atomic mass is 16.2. The first-order valence-electron chi connectivity index (χ1n) is 8.92. The van der Waals surface area contributed by atoms with Crippen molar-refractivity contribution in [3.05, 3.63) is 65.9 Å². The summed E-state index contributed by atoms with van der Waals surface area (Å²) in [5, 5.41) is 17.0. The van der Waals surface area contributed by atoms with Crippen molar-refractivity contribution >= 4 is 34.6 Å². The van der Waals surface area contributed by atoms with Crippen molar-refractivity contribution in [3.8, 4) is 0 Å². The SMILES string of the molecule is Cc1cc(C)cc(NC(=O)Nc2ccc(Nc3cc(N(C)C)cnn3)cc2)c1. The summed E-state index contributed by atoms with van der Waals surface area (Å²) in [6.45, 7) is 4.00. The van der Waals surface area contributed by atoms with E-state index in [1.54, 1.807) is 6.20 Å². The van der Waals surface area contributed by atoms with E-state index < -0.39 is 0 Å². The van der Waals surface area contributed by atoms with E-state index in [0.29, 0.717) is 11.5 Å². The predicted molar refractivity (Wildman–Crippen MR) is 115 cm³/mol. The van der Waals surface area contributed by atoms with E-state index in [9.17, 15) is 4.79 Å². The highest BCUT2D eigenvalue weighted by Gasteiger charge is 2.05. The summed E-state index contributed by atoms with van der Waals surface area (Å²) in [4.78, 5) is 14.2. The minimum Gasteiger partial charge on any atom is -0.376 e. The largest absolute Gasteiger partial charge is 0.376 e. The number of aromatic nitrogens is 2. The van der Waals surface area contributed by atoms with Crippen LogP contribution < -0.4 is 20.9 Å². The van der Waals surface area contributed by atoms with Crippen molar-refractivity contribution in [1.29, 1.82) is 0 Å². The van der Waals surface area contributed by atoms with Gasteiger partial charge in [-0.3, -0.25) is 0 Å². The molecule has 0 saturated carbocycles. The van der Waals surface area contributed by atoms with Gasteiger partial charge in [-0.2, -0.15) is 5.10 Å². The van der Waals surface area contributed by atoms with Crippen LogP contribution in [-0.2, 0) is 0 Å². The number of hydrogen-bond donors (Lipinski definition) is 3. The van der Waals surface area contributed by atoms with Crippen LogP contribution in [0.5, 0.6) is 0 Å². The summed E-state index contributed by atoms with van der Waals surface area (Å²) in [6, 6.07) is 15.0. The van der Waals surface area contributed by atoms with Gasteiger partial charge in [-0.15, -0.1) is 5.10 Å². The van der Waals surface area contributed by atoms with Gasteiger partial charge in [0.1, 0.15) is 0 Å². The zero-order chi connectivity index (χ0) is 20.1. The van der Waals surface area contributed by atoms with Crippen molar-refractivity contribution in [3.63, 3.8) is 0 Å². The number of urea groups is 1. The van der Waals surface area contributed by atoms with Gasteiger partial charge in [0.25, 0.3) is 0 Å². The van der Waals surface area contributed by atoms with E-state index in [1.165, 1.54) is 0 Å². The molecule has 3 rings (SSSR count). The fourth-order valence-electron chi connectivity index (χ4n) is 2.79. The van der Waals surface area contributed by atoms with E-state index in [2.05, 4.69) is 32.2 Å². The second kappa shape index (κ2) is 8.39. The number of aryl methyl sites for hydroxylation is 2. The van der Waals surface area contributed by atoms with E-state index in [0.717, 1.165) is 28.2 Å². The number of carbonyl (C=O) groups excluding carboxylic acids is 1. The highest BCUT2D eigenvalue weighted by Crippen LogP contribution is 2.20. The van der Waals surface area contributed by atoms with E-state index in [1.807, 2.05) is 75.3 Å². The van der Waals surface area contributed by atoms with Crippen LogP contribution >= 0.6 is 0 Å². The first-order valence-corrected chi connectivity index (χ1v) is 8.92. The van der Waals surface area contributed by atoms with Crippen LogP contribution in [0.25, 0.3) is 0 Å². The van der Waals surface area contributed by atoms with Crippen LogP contribution in [0.4, 0.5) is 33.4 Å². The maximum Gasteiger partial charge on any atom is 0.323 e. The summed E-state index contributed by atoms with van der Waals surface area (Å²) < 4.78 is 0. The molecule has 7 nitrogen and oxygen atoms in total. The molecule has 1 heterocycles. The maximum atomic E-state index is 12.2. The summed E-state index contributed by atoms with van der Waals surface area (Å²) in [5.74, 6) is 0.652. The number of amides is 2. The molecule has 0 aliphatic carbocycles. The minimum atomic E-state index is -0.282. The van der Waals surface area contributed by atoms with Crippen LogP contribution in [0.2, 0.25) is 0 Å². The van der Waals surface area contributed by atoms with Gasteiger partial charge in [-0.05, 0) is 61.4 Å². The Bertz CT molecular complexity index is 949. The average molecular weight is 376 g/mol. The van der Waals surface area contributed by atoms with Gasteiger partial charge in [0.05, 0.1) is 11.9 Å². The van der Waals surface area contributed by atoms with E-state index in [-0.39, 0.29) is 6.03 Å². The molecule has 0 spiro atoms. The molecule has 1 aromatic heterocycles. The molecule has 7 heteroatoms. The molecular weight excluding hydrogens is 352 g/mol. The lowest BCUT2D eigenvalue weighted by molar-refractivity contribution is 0.262. The Kier molecular flexibility index (Phi) is 5.74. The third-order valence-corrected chi connectivity index (χ3v) is 4.05. The standard InChI is InChI=1S/C21H24N6O/c1-14-9-15(2)11-18(10-14)25-21(28)24-17-7-5-16(6-8-17)23-20-12-19(27(3)4)13-22-26-20/h5-13H,1-4H3,(H,23,26)(H2,24,25,28). The Morgan fingerprint density at radius 2 is 1.46 bits per heavy atom. The molecule has 2 amide bonds. The molecule has 0 aliphatic heterocycles. The molecule has 3 aromatic rings. The summed E-state index contributed by atoms with van der Waals surface area (Å²) in [5.41, 5.74) is 5.48. The predicted octanol–water partition coefficient (Wildman–Crippen LogP) is 4.55. The topological polar surface area (TPSA) is 82.2 Å². The Morgan fingerprint density at radius 1 is 0.857 bits per heavy atom. The van der Waals surface area contributed by atoms with Crippen LogP contribution in [0.3, 0.4) is 0 Å². The fourth-order valence-corrected chi connectivity index (χ4v) is 2.79. The third kappa shape index (κ3) is 5.20. The lowest BCUT2D eigenvalue weighted by Gasteiger charge is -2.13. The molecule has 0 saturated heterocycles. The van der Waals surface area contributed by atoms with E-state index >= 15 is 0 Å². The second-order valence-electron chi connectivity index (χ2n) is 6.85. The monoisotopic (exact) mass is 376 g/mol. The lowest BCUT2D eigenvalue weighted by atomic mass is 10.1. The van der Waals surface area contributed by atoms with Gasteiger partial charge in [-0.1, -0.05) is 6.07 Å². The smallest absolute Gasteiger partial charge is 0.323 e. The van der Waals surface area contributed by atoms with Crippen LogP contribution in [0.1, 0.15) is 11.1 Å². The molecule has 0 bridgehead atoms. The number of nitrogens with one attached hydrogen (secondary N) is 3. The van der Waals surface area contributed by atoms with Crippen molar-refractivity contribution in [2.75, 3.05) is 34.9 Å². The van der Waals surface area contributed by atoms with E-state index in [4.69, 9.17) is 0 Å². The van der Waals surface area contributed by atoms with Gasteiger partial charge >= 0.3 is 6.03 Å². The molecule has 0 atom stereocenters. The van der Waals surface area contributed by atoms with Gasteiger partial charge in [-0.25, -0.2) is 4.79 Å². The highest BCUT2D eigenvalue weighted by molar-refractivity contribution is 5.99. The quantitative estimate of drug-likeness (QED) is 0.609. The third-order valence-electron chi connectivity index (χ3n) is 4.05. The summed E-state index contributed by atoms with van der Waals surface area (Å²) in [6.07, 6.45) is 1.70. The number of anilines is 5. The van der Waals surface area contributed by atoms with Crippen molar-refractivity contribution in [2.24, 2.45) is 0 Å². The maximum absolute atomic E-state index is 12.2. The Balaban J connectivity index is 1.61. The molecule has 0 radical (unpaired) electrons. The summed E-state index contributed by atoms with van der Waals surface area (Å²) in [7, 11) is 3.90. The molecule has 28 heavy (non-hydrogen) atoms. The summed E-state index contributed by atoms with van der Waals surface area (Å²) >= 11 is 0. The van der Waals surface area contributed by atoms with Crippen LogP contribution in [-0.4, -0.2) is 30.3 Å². The molecular formula is C21H24N6O. The molecule has 0 unspecified atom stereocenters. The van der Waals surface area contributed by atoms with Gasteiger partial charge < -0.3 is 20.9 Å². The Morgan fingerprint density at radius 3 is 2.11 bits per heavy atom. The van der Waals surface area contributed by atoms with Gasteiger partial charge in [0.2, 0.25) is 0 Å². The number of nitrogens with zero attached hydrogens (tertiary/aromatic N) is 3. The van der Waals surface area contributed by atoms with Gasteiger partial charge in [0.15, 0.2) is 5.82 Å². The van der Waals surface area contributed by atoms with Crippen LogP contribution in [0.15, 0.2) is 54.7 Å². The lowest BCUT2D eigenvalue weighted by Crippen LogP contribution is -2.19. The number of benzene rings is 2. The van der Waals surface area contributed by atoms with Crippen molar-refractivity contribution in [2.45, 2.75) is 13.8 Å². The first-order chi connectivity index (χ1) is 13.4. The molecule has 2 aromatic carbocycles. The molecule has 0 aliphatic rings. The number of hydrogen-bond acceptors (Lipinski definition) is 5.